The zero-order valence-electron chi connectivity index (χ0n) is 15.0. The minimum Gasteiger partial charge on any atom is -0.381 e. The van der Waals surface area contributed by atoms with Gasteiger partial charge in [0.1, 0.15) is 5.82 Å². The largest absolute Gasteiger partial charge is 0.381 e. The van der Waals surface area contributed by atoms with Crippen LogP contribution in [0.15, 0.2) is 24.3 Å². The van der Waals surface area contributed by atoms with E-state index in [0.29, 0.717) is 19.8 Å². The second-order valence-electron chi connectivity index (χ2n) is 6.45. The third-order valence-electron chi connectivity index (χ3n) is 4.83. The van der Waals surface area contributed by atoms with E-state index in [9.17, 15) is 4.79 Å². The van der Waals surface area contributed by atoms with Crippen molar-refractivity contribution in [1.82, 2.24) is 14.9 Å². The molecule has 1 aromatic heterocycles. The van der Waals surface area contributed by atoms with Gasteiger partial charge in [0.25, 0.3) is 0 Å². The summed E-state index contributed by atoms with van der Waals surface area (Å²) in [4.78, 5) is 16.8. The standard InChI is InChI=1S/C18H26N4O2.2ClH/c1-22-15-6-3-2-5-14(15)21-16(22)7-4-10-20-18(23)17(19)13-8-11-24-12-9-13;;/h2-3,5-6,13,17H,4,7-12,19H2,1H3,(H,20,23);2*1H. The van der Waals surface area contributed by atoms with Gasteiger partial charge in [0.15, 0.2) is 0 Å². The first-order valence-corrected chi connectivity index (χ1v) is 8.68. The third-order valence-corrected chi connectivity index (χ3v) is 4.83. The van der Waals surface area contributed by atoms with Crippen molar-refractivity contribution in [3.8, 4) is 0 Å². The average Bonchev–Trinajstić information content (AvgIpc) is 2.95. The van der Waals surface area contributed by atoms with E-state index in [-0.39, 0.29) is 36.6 Å². The number of nitrogens with zero attached hydrogens (tertiary/aromatic N) is 2. The van der Waals surface area contributed by atoms with Crippen LogP contribution in [-0.4, -0.2) is 41.3 Å². The monoisotopic (exact) mass is 402 g/mol. The molecule has 1 amide bonds. The van der Waals surface area contributed by atoms with Crippen molar-refractivity contribution in [2.24, 2.45) is 18.7 Å². The predicted octanol–water partition coefficient (Wildman–Crippen LogP) is 2.22. The fourth-order valence-corrected chi connectivity index (χ4v) is 3.28. The number of ether oxygens (including phenoxy) is 1. The molecular weight excluding hydrogens is 375 g/mol. The Labute approximate surface area is 166 Å². The highest BCUT2D eigenvalue weighted by molar-refractivity contribution is 5.85. The molecule has 6 nitrogen and oxygen atoms in total. The molecule has 8 heteroatoms. The van der Waals surface area contributed by atoms with E-state index >= 15 is 0 Å². The number of halogens is 2. The quantitative estimate of drug-likeness (QED) is 0.725. The number of hydrogen-bond donors (Lipinski definition) is 2. The molecule has 0 bridgehead atoms. The molecular formula is C18H28Cl2N4O2. The maximum atomic E-state index is 12.2. The summed E-state index contributed by atoms with van der Waals surface area (Å²) in [5.74, 6) is 1.23. The van der Waals surface area contributed by atoms with Crippen LogP contribution in [0.2, 0.25) is 0 Å². The summed E-state index contributed by atoms with van der Waals surface area (Å²) in [5.41, 5.74) is 8.23. The second kappa shape index (κ2) is 10.7. The molecule has 1 aliphatic heterocycles. The average molecular weight is 403 g/mol. The molecule has 2 heterocycles. The minimum atomic E-state index is -0.426. The van der Waals surface area contributed by atoms with Gasteiger partial charge < -0.3 is 20.4 Å². The first kappa shape index (κ1) is 22.7. The first-order valence-electron chi connectivity index (χ1n) is 8.68. The van der Waals surface area contributed by atoms with Gasteiger partial charge in [-0.05, 0) is 37.3 Å². The minimum absolute atomic E-state index is 0. The van der Waals surface area contributed by atoms with Gasteiger partial charge in [-0.3, -0.25) is 4.79 Å². The Bertz CT molecular complexity index is 702. The number of nitrogens with two attached hydrogens (primary N) is 1. The highest BCUT2D eigenvalue weighted by Gasteiger charge is 2.26. The molecule has 1 saturated heterocycles. The van der Waals surface area contributed by atoms with Crippen LogP contribution in [0, 0.1) is 5.92 Å². The fourth-order valence-electron chi connectivity index (χ4n) is 3.28. The Balaban J connectivity index is 0.00000169. The molecule has 2 aromatic rings. The van der Waals surface area contributed by atoms with Crippen molar-refractivity contribution in [1.29, 1.82) is 0 Å². The van der Waals surface area contributed by atoms with E-state index < -0.39 is 6.04 Å². The van der Waals surface area contributed by atoms with Crippen LogP contribution in [0.5, 0.6) is 0 Å². The Kier molecular flexibility index (Phi) is 9.36. The van der Waals surface area contributed by atoms with Crippen LogP contribution in [0.25, 0.3) is 11.0 Å². The van der Waals surface area contributed by atoms with Crippen molar-refractivity contribution in [3.63, 3.8) is 0 Å². The van der Waals surface area contributed by atoms with Crippen molar-refractivity contribution in [2.45, 2.75) is 31.7 Å². The van der Waals surface area contributed by atoms with E-state index in [1.54, 1.807) is 0 Å². The highest BCUT2D eigenvalue weighted by atomic mass is 35.5. The second-order valence-corrected chi connectivity index (χ2v) is 6.45. The van der Waals surface area contributed by atoms with Gasteiger partial charge in [-0.2, -0.15) is 0 Å². The summed E-state index contributed by atoms with van der Waals surface area (Å²) in [6, 6.07) is 7.68. The van der Waals surface area contributed by atoms with Crippen LogP contribution in [-0.2, 0) is 23.0 Å². The SMILES string of the molecule is Cl.Cl.Cn1c(CCCNC(=O)C(N)C2CCOCC2)nc2ccccc21. The number of nitrogens with one attached hydrogen (secondary N) is 1. The van der Waals surface area contributed by atoms with Gasteiger partial charge in [-0.15, -0.1) is 24.8 Å². The molecule has 3 N–H and O–H groups in total. The van der Waals surface area contributed by atoms with E-state index in [1.165, 1.54) is 0 Å². The van der Waals surface area contributed by atoms with E-state index in [1.807, 2.05) is 25.2 Å². The Morgan fingerprint density at radius 1 is 1.35 bits per heavy atom. The summed E-state index contributed by atoms with van der Waals surface area (Å²) < 4.78 is 7.43. The third kappa shape index (κ3) is 5.33. The zero-order valence-corrected chi connectivity index (χ0v) is 16.7. The van der Waals surface area contributed by atoms with Crippen LogP contribution < -0.4 is 11.1 Å². The fraction of sp³-hybridized carbons (Fsp3) is 0.556. The summed E-state index contributed by atoms with van der Waals surface area (Å²) in [7, 11) is 2.03. The maximum absolute atomic E-state index is 12.2. The van der Waals surface area contributed by atoms with Crippen LogP contribution in [0.1, 0.15) is 25.1 Å². The molecule has 3 rings (SSSR count). The molecule has 0 radical (unpaired) electrons. The van der Waals surface area contributed by atoms with E-state index in [0.717, 1.165) is 42.5 Å². The number of rotatable bonds is 6. The molecule has 0 saturated carbocycles. The lowest BCUT2D eigenvalue weighted by Crippen LogP contribution is -2.47. The van der Waals surface area contributed by atoms with Gasteiger partial charge in [0.2, 0.25) is 5.91 Å². The lowest BCUT2D eigenvalue weighted by Gasteiger charge is -2.26. The first-order chi connectivity index (χ1) is 11.7. The van der Waals surface area contributed by atoms with Gasteiger partial charge in [0.05, 0.1) is 17.1 Å². The van der Waals surface area contributed by atoms with Crippen molar-refractivity contribution in [3.05, 3.63) is 30.1 Å². The number of fused-ring (bicyclic) bond motifs is 1. The van der Waals surface area contributed by atoms with Crippen molar-refractivity contribution >= 4 is 41.8 Å². The van der Waals surface area contributed by atoms with Crippen LogP contribution in [0.3, 0.4) is 0 Å². The lowest BCUT2D eigenvalue weighted by molar-refractivity contribution is -0.124. The van der Waals surface area contributed by atoms with Gasteiger partial charge in [-0.25, -0.2) is 4.98 Å². The number of carbonyl (C=O) groups is 1. The van der Waals surface area contributed by atoms with Crippen molar-refractivity contribution in [2.75, 3.05) is 19.8 Å². The number of amides is 1. The summed E-state index contributed by atoms with van der Waals surface area (Å²) in [5, 5.41) is 2.96. The van der Waals surface area contributed by atoms with E-state index in [2.05, 4.69) is 20.9 Å². The lowest BCUT2D eigenvalue weighted by atomic mass is 9.92. The number of benzene rings is 1. The molecule has 1 aromatic carbocycles. The van der Waals surface area contributed by atoms with Crippen LogP contribution >= 0.6 is 24.8 Å². The molecule has 0 aliphatic carbocycles. The van der Waals surface area contributed by atoms with Gasteiger partial charge >= 0.3 is 0 Å². The Hall–Kier alpha value is -1.34. The number of imidazole rings is 1. The topological polar surface area (TPSA) is 82.2 Å². The number of carbonyl (C=O) groups excluding carboxylic acids is 1. The molecule has 146 valence electrons. The molecule has 1 aliphatic rings. The van der Waals surface area contributed by atoms with Gasteiger partial charge in [-0.1, -0.05) is 12.1 Å². The number of hydrogen-bond acceptors (Lipinski definition) is 4. The Morgan fingerprint density at radius 3 is 2.73 bits per heavy atom. The van der Waals surface area contributed by atoms with E-state index in [4.69, 9.17) is 10.5 Å². The molecule has 26 heavy (non-hydrogen) atoms. The number of aromatic nitrogens is 2. The normalized spacial score (nSPS) is 15.8. The summed E-state index contributed by atoms with van der Waals surface area (Å²) in [6.07, 6.45) is 3.42. The zero-order chi connectivity index (χ0) is 16.9. The number of para-hydroxylation sites is 2. The Morgan fingerprint density at radius 2 is 2.04 bits per heavy atom. The van der Waals surface area contributed by atoms with Crippen molar-refractivity contribution < 1.29 is 9.53 Å². The number of aryl methyl sites for hydroxylation is 2. The molecule has 1 fully saturated rings. The van der Waals surface area contributed by atoms with Gasteiger partial charge in [0, 0.05) is 33.2 Å². The molecule has 1 atom stereocenters. The highest BCUT2D eigenvalue weighted by Crippen LogP contribution is 2.18. The smallest absolute Gasteiger partial charge is 0.237 e. The van der Waals surface area contributed by atoms with Crippen LogP contribution in [0.4, 0.5) is 0 Å². The predicted molar refractivity (Wildman–Crippen MR) is 108 cm³/mol. The summed E-state index contributed by atoms with van der Waals surface area (Å²) in [6.45, 7) is 2.04. The maximum Gasteiger partial charge on any atom is 0.237 e. The summed E-state index contributed by atoms with van der Waals surface area (Å²) >= 11 is 0. The molecule has 1 unspecified atom stereocenters. The molecule has 0 spiro atoms.